The Balaban J connectivity index is 2.00. The second-order valence-electron chi connectivity index (χ2n) is 4.42. The molecule has 0 aromatic heterocycles. The van der Waals surface area contributed by atoms with Crippen LogP contribution in [0.5, 0.6) is 5.75 Å². The van der Waals surface area contributed by atoms with Crippen molar-refractivity contribution in [2.45, 2.75) is 6.92 Å². The molecule has 0 aliphatic rings. The third-order valence-corrected chi connectivity index (χ3v) is 3.61. The second kappa shape index (κ2) is 6.74. The van der Waals surface area contributed by atoms with Crippen LogP contribution in [-0.4, -0.2) is 18.2 Å². The topological polar surface area (TPSA) is 43.4 Å². The van der Waals surface area contributed by atoms with Gasteiger partial charge in [0.05, 0.1) is 10.0 Å². The quantitative estimate of drug-likeness (QED) is 0.763. The fourth-order valence-corrected chi connectivity index (χ4v) is 1.99. The summed E-state index contributed by atoms with van der Waals surface area (Å²) in [6.07, 6.45) is 0. The second-order valence-corrected chi connectivity index (χ2v) is 5.24. The maximum absolute atomic E-state index is 12.0. The highest BCUT2D eigenvalue weighted by molar-refractivity contribution is 6.42. The van der Waals surface area contributed by atoms with Crippen LogP contribution in [0.15, 0.2) is 42.5 Å². The SMILES string of the molecule is CC(=O)c1ccc(OCC(=O)c2ccc(Cl)c(Cl)c2)cc1. The van der Waals surface area contributed by atoms with Crippen LogP contribution in [0.1, 0.15) is 27.6 Å². The van der Waals surface area contributed by atoms with E-state index in [0.717, 1.165) is 0 Å². The van der Waals surface area contributed by atoms with Crippen molar-refractivity contribution in [2.24, 2.45) is 0 Å². The van der Waals surface area contributed by atoms with E-state index in [4.69, 9.17) is 27.9 Å². The summed E-state index contributed by atoms with van der Waals surface area (Å²) >= 11 is 11.7. The molecule has 0 aliphatic carbocycles. The number of ether oxygens (including phenoxy) is 1. The van der Waals surface area contributed by atoms with Gasteiger partial charge in [-0.25, -0.2) is 0 Å². The zero-order valence-electron chi connectivity index (χ0n) is 11.2. The zero-order chi connectivity index (χ0) is 15.4. The Morgan fingerprint density at radius 1 is 0.952 bits per heavy atom. The fraction of sp³-hybridized carbons (Fsp3) is 0.125. The maximum atomic E-state index is 12.0. The van der Waals surface area contributed by atoms with E-state index < -0.39 is 0 Å². The minimum absolute atomic E-state index is 0.0200. The smallest absolute Gasteiger partial charge is 0.200 e. The Bertz CT molecular complexity index is 678. The highest BCUT2D eigenvalue weighted by atomic mass is 35.5. The average Bonchev–Trinajstić information content (AvgIpc) is 2.48. The number of hydrogen-bond acceptors (Lipinski definition) is 3. The van der Waals surface area contributed by atoms with Gasteiger partial charge in [0.2, 0.25) is 0 Å². The predicted octanol–water partition coefficient (Wildman–Crippen LogP) is 4.46. The summed E-state index contributed by atoms with van der Waals surface area (Å²) in [6, 6.07) is 11.3. The molecule has 2 aromatic rings. The van der Waals surface area contributed by atoms with Gasteiger partial charge in [-0.05, 0) is 49.4 Å². The standard InChI is InChI=1S/C16H12Cl2O3/c1-10(19)11-2-5-13(6-3-11)21-9-16(20)12-4-7-14(17)15(18)8-12/h2-8H,9H2,1H3. The Labute approximate surface area is 132 Å². The molecule has 0 unspecified atom stereocenters. The van der Waals surface area contributed by atoms with Gasteiger partial charge in [-0.3, -0.25) is 9.59 Å². The van der Waals surface area contributed by atoms with Crippen molar-refractivity contribution in [3.63, 3.8) is 0 Å². The molecule has 108 valence electrons. The number of halogens is 2. The van der Waals surface area contributed by atoms with Gasteiger partial charge in [-0.15, -0.1) is 0 Å². The molecule has 0 saturated carbocycles. The van der Waals surface area contributed by atoms with Gasteiger partial charge in [0, 0.05) is 11.1 Å². The summed E-state index contributed by atoms with van der Waals surface area (Å²) in [6.45, 7) is 1.38. The Kier molecular flexibility index (Phi) is 4.99. The third kappa shape index (κ3) is 4.06. The molecular formula is C16H12Cl2O3. The summed E-state index contributed by atoms with van der Waals surface area (Å²) < 4.78 is 5.39. The summed E-state index contributed by atoms with van der Waals surface area (Å²) in [5.41, 5.74) is 1.03. The summed E-state index contributed by atoms with van der Waals surface area (Å²) in [5.74, 6) is 0.297. The van der Waals surface area contributed by atoms with Crippen molar-refractivity contribution in [3.05, 3.63) is 63.6 Å². The van der Waals surface area contributed by atoms with Crippen molar-refractivity contribution in [2.75, 3.05) is 6.61 Å². The first-order valence-electron chi connectivity index (χ1n) is 6.19. The van der Waals surface area contributed by atoms with Crippen molar-refractivity contribution >= 4 is 34.8 Å². The molecule has 2 rings (SSSR count). The molecule has 0 N–H and O–H groups in total. The molecule has 2 aromatic carbocycles. The minimum Gasteiger partial charge on any atom is -0.485 e. The summed E-state index contributed by atoms with van der Waals surface area (Å²) in [7, 11) is 0. The molecule has 0 amide bonds. The zero-order valence-corrected chi connectivity index (χ0v) is 12.7. The van der Waals surface area contributed by atoms with E-state index in [1.54, 1.807) is 36.4 Å². The Morgan fingerprint density at radius 2 is 1.57 bits per heavy atom. The van der Waals surface area contributed by atoms with Gasteiger partial charge in [0.15, 0.2) is 18.2 Å². The van der Waals surface area contributed by atoms with E-state index in [2.05, 4.69) is 0 Å². The van der Waals surface area contributed by atoms with Gasteiger partial charge in [0.25, 0.3) is 0 Å². The molecule has 0 spiro atoms. The van der Waals surface area contributed by atoms with Crippen LogP contribution >= 0.6 is 23.2 Å². The lowest BCUT2D eigenvalue weighted by molar-refractivity contribution is 0.0920. The Morgan fingerprint density at radius 3 is 2.14 bits per heavy atom. The van der Waals surface area contributed by atoms with Gasteiger partial charge >= 0.3 is 0 Å². The van der Waals surface area contributed by atoms with Crippen LogP contribution in [0.3, 0.4) is 0 Å². The summed E-state index contributed by atoms with van der Waals surface area (Å²) in [4.78, 5) is 23.1. The first kappa shape index (κ1) is 15.5. The molecule has 0 aliphatic heterocycles. The molecule has 21 heavy (non-hydrogen) atoms. The van der Waals surface area contributed by atoms with E-state index >= 15 is 0 Å². The first-order chi connectivity index (χ1) is 9.97. The van der Waals surface area contributed by atoms with Crippen LogP contribution in [0.4, 0.5) is 0 Å². The highest BCUT2D eigenvalue weighted by Gasteiger charge is 2.09. The number of ketones is 2. The largest absolute Gasteiger partial charge is 0.485 e. The number of benzene rings is 2. The fourth-order valence-electron chi connectivity index (χ4n) is 1.69. The molecule has 0 fully saturated rings. The van der Waals surface area contributed by atoms with Gasteiger partial charge in [-0.2, -0.15) is 0 Å². The van der Waals surface area contributed by atoms with E-state index in [0.29, 0.717) is 26.9 Å². The van der Waals surface area contributed by atoms with Crippen LogP contribution in [0.25, 0.3) is 0 Å². The lowest BCUT2D eigenvalue weighted by Gasteiger charge is -2.06. The van der Waals surface area contributed by atoms with Crippen LogP contribution in [-0.2, 0) is 0 Å². The van der Waals surface area contributed by atoms with Crippen molar-refractivity contribution < 1.29 is 14.3 Å². The van der Waals surface area contributed by atoms with E-state index in [-0.39, 0.29) is 18.2 Å². The number of Topliss-reactive ketones (excluding diaryl/α,β-unsaturated/α-hetero) is 2. The number of rotatable bonds is 5. The first-order valence-corrected chi connectivity index (χ1v) is 6.95. The van der Waals surface area contributed by atoms with Crippen LogP contribution < -0.4 is 4.74 Å². The minimum atomic E-state index is -0.204. The molecule has 5 heteroatoms. The molecule has 0 saturated heterocycles. The van der Waals surface area contributed by atoms with E-state index in [1.807, 2.05) is 0 Å². The van der Waals surface area contributed by atoms with Gasteiger partial charge in [-0.1, -0.05) is 23.2 Å². The highest BCUT2D eigenvalue weighted by Crippen LogP contribution is 2.23. The molecule has 0 radical (unpaired) electrons. The third-order valence-electron chi connectivity index (χ3n) is 2.87. The van der Waals surface area contributed by atoms with E-state index in [1.165, 1.54) is 13.0 Å². The van der Waals surface area contributed by atoms with Crippen molar-refractivity contribution in [1.82, 2.24) is 0 Å². The number of carbonyl (C=O) groups excluding carboxylic acids is 2. The lowest BCUT2D eigenvalue weighted by atomic mass is 10.1. The molecule has 0 atom stereocenters. The summed E-state index contributed by atoms with van der Waals surface area (Å²) in [5, 5.41) is 0.724. The maximum Gasteiger partial charge on any atom is 0.200 e. The molecule has 0 heterocycles. The van der Waals surface area contributed by atoms with Crippen molar-refractivity contribution in [3.8, 4) is 5.75 Å². The Hall–Kier alpha value is -1.84. The lowest BCUT2D eigenvalue weighted by Crippen LogP contribution is -2.11. The molecular weight excluding hydrogens is 311 g/mol. The number of hydrogen-bond donors (Lipinski definition) is 0. The molecule has 3 nitrogen and oxygen atoms in total. The number of carbonyl (C=O) groups is 2. The van der Waals surface area contributed by atoms with Crippen LogP contribution in [0.2, 0.25) is 10.0 Å². The predicted molar refractivity (Wildman–Crippen MR) is 82.7 cm³/mol. The van der Waals surface area contributed by atoms with Gasteiger partial charge < -0.3 is 4.74 Å². The average molecular weight is 323 g/mol. The van der Waals surface area contributed by atoms with E-state index in [9.17, 15) is 9.59 Å². The van der Waals surface area contributed by atoms with Gasteiger partial charge in [0.1, 0.15) is 5.75 Å². The normalized spacial score (nSPS) is 10.2. The molecule has 0 bridgehead atoms. The monoisotopic (exact) mass is 322 g/mol. The van der Waals surface area contributed by atoms with Crippen molar-refractivity contribution in [1.29, 1.82) is 0 Å². The van der Waals surface area contributed by atoms with Crippen LogP contribution in [0, 0.1) is 0 Å².